The first-order valence-electron chi connectivity index (χ1n) is 16.6. The van der Waals surface area contributed by atoms with E-state index in [0.717, 1.165) is 52.0 Å². The van der Waals surface area contributed by atoms with Gasteiger partial charge in [-0.2, -0.15) is 0 Å². The lowest BCUT2D eigenvalue weighted by Crippen LogP contribution is -2.27. The number of benzene rings is 7. The third-order valence-corrected chi connectivity index (χ3v) is 8.29. The molecule has 0 heterocycles. The minimum atomic E-state index is -0.197. The summed E-state index contributed by atoms with van der Waals surface area (Å²) >= 11 is 0. The van der Waals surface area contributed by atoms with Gasteiger partial charge in [0.2, 0.25) is 0 Å². The second kappa shape index (κ2) is 15.6. The summed E-state index contributed by atoms with van der Waals surface area (Å²) in [7, 11) is 0. The number of para-hydroxylation sites is 4. The molecule has 4 nitrogen and oxygen atoms in total. The lowest BCUT2D eigenvalue weighted by molar-refractivity contribution is 0.128. The Hall–Kier alpha value is -6.26. The first-order valence-corrected chi connectivity index (χ1v) is 16.6. The van der Waals surface area contributed by atoms with Gasteiger partial charge in [0.25, 0.3) is 0 Å². The third-order valence-electron chi connectivity index (χ3n) is 8.29. The Kier molecular flexibility index (Phi) is 9.95. The van der Waals surface area contributed by atoms with Crippen molar-refractivity contribution >= 4 is 34.1 Å². The zero-order chi connectivity index (χ0) is 33.1. The Bertz CT molecular complexity index is 1910. The van der Waals surface area contributed by atoms with E-state index in [1.54, 1.807) is 0 Å². The molecular formula is C45H38N2O2. The van der Waals surface area contributed by atoms with Crippen LogP contribution in [0.3, 0.4) is 0 Å². The fourth-order valence-electron chi connectivity index (χ4n) is 5.96. The van der Waals surface area contributed by atoms with Crippen molar-refractivity contribution in [1.29, 1.82) is 0 Å². The molecule has 49 heavy (non-hydrogen) atoms. The van der Waals surface area contributed by atoms with Crippen LogP contribution in [0.4, 0.5) is 34.1 Å². The summed E-state index contributed by atoms with van der Waals surface area (Å²) in [6, 6.07) is 68.6. The molecule has 7 aromatic rings. The molecule has 0 saturated heterocycles. The first-order chi connectivity index (χ1) is 24.3. The van der Waals surface area contributed by atoms with Crippen molar-refractivity contribution in [2.24, 2.45) is 0 Å². The molecule has 0 aliphatic rings. The van der Waals surface area contributed by atoms with Gasteiger partial charge in [-0.3, -0.25) is 0 Å². The van der Waals surface area contributed by atoms with Crippen LogP contribution >= 0.6 is 0 Å². The summed E-state index contributed by atoms with van der Waals surface area (Å²) in [5, 5.41) is 0. The van der Waals surface area contributed by atoms with Crippen molar-refractivity contribution in [3.8, 4) is 11.5 Å². The normalized spacial score (nSPS) is 11.3. The number of nitrogens with zero attached hydrogens (tertiary/aromatic N) is 2. The van der Waals surface area contributed by atoms with E-state index in [1.165, 1.54) is 5.56 Å². The predicted molar refractivity (Wildman–Crippen MR) is 202 cm³/mol. The van der Waals surface area contributed by atoms with Crippen LogP contribution in [-0.4, -0.2) is 12.7 Å². The fourth-order valence-corrected chi connectivity index (χ4v) is 5.96. The lowest BCUT2D eigenvalue weighted by Gasteiger charge is -2.26. The van der Waals surface area contributed by atoms with E-state index in [2.05, 4.69) is 155 Å². The lowest BCUT2D eigenvalue weighted by atomic mass is 10.1. The van der Waals surface area contributed by atoms with Gasteiger partial charge in [0, 0.05) is 40.5 Å². The summed E-state index contributed by atoms with van der Waals surface area (Å²) in [5.74, 6) is 1.59. The Balaban J connectivity index is 1.08. The highest BCUT2D eigenvalue weighted by Crippen LogP contribution is 2.36. The van der Waals surface area contributed by atoms with E-state index in [9.17, 15) is 0 Å². The van der Waals surface area contributed by atoms with Crippen LogP contribution in [0.5, 0.6) is 11.5 Å². The largest absolute Gasteiger partial charge is 0.490 e. The van der Waals surface area contributed by atoms with Gasteiger partial charge in [0.1, 0.15) is 24.2 Å². The molecular weight excluding hydrogens is 601 g/mol. The minimum absolute atomic E-state index is 0.197. The molecule has 7 rings (SSSR count). The highest BCUT2D eigenvalue weighted by atomic mass is 16.5. The number of hydrogen-bond donors (Lipinski definition) is 0. The molecule has 240 valence electrons. The van der Waals surface area contributed by atoms with Crippen LogP contribution in [-0.2, 0) is 6.42 Å². The Morgan fingerprint density at radius 2 is 0.673 bits per heavy atom. The molecule has 0 N–H and O–H groups in total. The maximum atomic E-state index is 6.61. The molecule has 0 aromatic heterocycles. The van der Waals surface area contributed by atoms with Gasteiger partial charge in [-0.25, -0.2) is 0 Å². The quantitative estimate of drug-likeness (QED) is 0.125. The van der Waals surface area contributed by atoms with Crippen LogP contribution in [0, 0.1) is 0 Å². The number of hydrogen-bond acceptors (Lipinski definition) is 4. The Morgan fingerprint density at radius 1 is 0.347 bits per heavy atom. The summed E-state index contributed by atoms with van der Waals surface area (Å²) in [5.41, 5.74) is 7.70. The molecule has 0 amide bonds. The molecule has 0 radical (unpaired) electrons. The molecule has 0 saturated carbocycles. The smallest absolute Gasteiger partial charge is 0.137 e. The number of ether oxygens (including phenoxy) is 2. The Morgan fingerprint density at radius 3 is 1.06 bits per heavy atom. The van der Waals surface area contributed by atoms with Gasteiger partial charge < -0.3 is 19.3 Å². The highest BCUT2D eigenvalue weighted by molar-refractivity contribution is 5.77. The van der Waals surface area contributed by atoms with Crippen LogP contribution < -0.4 is 19.3 Å². The summed E-state index contributed by atoms with van der Waals surface area (Å²) in [4.78, 5) is 4.49. The zero-order valence-electron chi connectivity index (χ0n) is 27.3. The van der Waals surface area contributed by atoms with Crippen molar-refractivity contribution in [2.75, 3.05) is 16.4 Å². The SMILES string of the molecule is c1ccc(CC(COc2ccc(N(c3ccccc3)c3ccccc3)cc2)Oc2ccc(N(c3ccccc3)c3ccccc3)cc2)cc1. The van der Waals surface area contributed by atoms with E-state index >= 15 is 0 Å². The highest BCUT2D eigenvalue weighted by Gasteiger charge is 2.17. The van der Waals surface area contributed by atoms with Gasteiger partial charge in [0.15, 0.2) is 0 Å². The van der Waals surface area contributed by atoms with Gasteiger partial charge in [0.05, 0.1) is 0 Å². The van der Waals surface area contributed by atoms with E-state index in [4.69, 9.17) is 9.47 Å². The first kappa shape index (κ1) is 31.3. The van der Waals surface area contributed by atoms with E-state index < -0.39 is 0 Å². The molecule has 7 aromatic carbocycles. The molecule has 1 unspecified atom stereocenters. The van der Waals surface area contributed by atoms with Crippen LogP contribution in [0.15, 0.2) is 200 Å². The third kappa shape index (κ3) is 8.01. The molecule has 0 aliphatic carbocycles. The van der Waals surface area contributed by atoms with Crippen molar-refractivity contribution in [3.05, 3.63) is 206 Å². The van der Waals surface area contributed by atoms with E-state index in [0.29, 0.717) is 6.61 Å². The average molecular weight is 639 g/mol. The van der Waals surface area contributed by atoms with Crippen LogP contribution in [0.2, 0.25) is 0 Å². The van der Waals surface area contributed by atoms with Gasteiger partial charge in [-0.15, -0.1) is 0 Å². The molecule has 0 fully saturated rings. The van der Waals surface area contributed by atoms with Gasteiger partial charge in [-0.05, 0) is 103 Å². The zero-order valence-corrected chi connectivity index (χ0v) is 27.3. The van der Waals surface area contributed by atoms with Gasteiger partial charge in [-0.1, -0.05) is 103 Å². The average Bonchev–Trinajstić information content (AvgIpc) is 3.17. The summed E-state index contributed by atoms with van der Waals surface area (Å²) in [6.07, 6.45) is 0.522. The molecule has 1 atom stereocenters. The van der Waals surface area contributed by atoms with Crippen molar-refractivity contribution in [2.45, 2.75) is 12.5 Å². The van der Waals surface area contributed by atoms with Crippen molar-refractivity contribution < 1.29 is 9.47 Å². The van der Waals surface area contributed by atoms with Crippen LogP contribution in [0.25, 0.3) is 0 Å². The molecule has 0 spiro atoms. The molecule has 0 bridgehead atoms. The number of rotatable bonds is 13. The predicted octanol–water partition coefficient (Wildman–Crippen LogP) is 11.7. The van der Waals surface area contributed by atoms with E-state index in [-0.39, 0.29) is 6.10 Å². The molecule has 0 aliphatic heterocycles. The molecule has 4 heteroatoms. The van der Waals surface area contributed by atoms with Crippen molar-refractivity contribution in [1.82, 2.24) is 0 Å². The van der Waals surface area contributed by atoms with E-state index in [1.807, 2.05) is 54.6 Å². The fraction of sp³-hybridized carbons (Fsp3) is 0.0667. The maximum Gasteiger partial charge on any atom is 0.137 e. The summed E-state index contributed by atoms with van der Waals surface area (Å²) in [6.45, 7) is 0.400. The standard InChI is InChI=1S/C45H38N2O2/c1-6-16-36(17-7-1)34-45(49-44-32-28-42(29-33-44)47(39-22-12-4-13-23-39)40-24-14-5-15-25-40)35-48-43-30-26-41(27-31-43)46(37-18-8-2-9-19-37)38-20-10-3-11-21-38/h1-33,45H,34-35H2. The van der Waals surface area contributed by atoms with Gasteiger partial charge >= 0.3 is 0 Å². The monoisotopic (exact) mass is 638 g/mol. The maximum absolute atomic E-state index is 6.61. The van der Waals surface area contributed by atoms with Crippen molar-refractivity contribution in [3.63, 3.8) is 0 Å². The number of anilines is 6. The minimum Gasteiger partial charge on any atom is -0.490 e. The van der Waals surface area contributed by atoms with Crippen LogP contribution in [0.1, 0.15) is 5.56 Å². The summed E-state index contributed by atoms with van der Waals surface area (Å²) < 4.78 is 13.0. The second-order valence-electron chi connectivity index (χ2n) is 11.7. The second-order valence-corrected chi connectivity index (χ2v) is 11.7. The Labute approximate surface area is 289 Å². The topological polar surface area (TPSA) is 24.9 Å².